The lowest BCUT2D eigenvalue weighted by Gasteiger charge is -2.17. The summed E-state index contributed by atoms with van der Waals surface area (Å²) in [5.41, 5.74) is 5.80. The number of amides is 1. The molecule has 0 aliphatic heterocycles. The van der Waals surface area contributed by atoms with Gasteiger partial charge < -0.3 is 10.5 Å². The third-order valence-corrected chi connectivity index (χ3v) is 1.93. The van der Waals surface area contributed by atoms with Crippen LogP contribution < -0.4 is 5.73 Å². The molecule has 5 heteroatoms. The van der Waals surface area contributed by atoms with E-state index in [4.69, 9.17) is 10.5 Å². The Morgan fingerprint density at radius 1 is 1.33 bits per heavy atom. The normalized spacial score (nSPS) is 12.3. The maximum atomic E-state index is 12.7. The lowest BCUT2D eigenvalue weighted by Crippen LogP contribution is -2.24. The van der Waals surface area contributed by atoms with Gasteiger partial charge in [0.25, 0.3) is 0 Å². The first-order valence-corrected chi connectivity index (χ1v) is 5.57. The quantitative estimate of drug-likeness (QED) is 0.650. The average molecular weight is 252 g/mol. The van der Waals surface area contributed by atoms with Crippen molar-refractivity contribution in [3.05, 3.63) is 35.6 Å². The molecule has 18 heavy (non-hydrogen) atoms. The molecule has 1 aromatic carbocycles. The van der Waals surface area contributed by atoms with Gasteiger partial charge in [-0.15, -0.1) is 0 Å². The highest BCUT2D eigenvalue weighted by Gasteiger charge is 2.15. The Labute approximate surface area is 106 Å². The van der Waals surface area contributed by atoms with E-state index < -0.39 is 11.7 Å². The van der Waals surface area contributed by atoms with Crippen LogP contribution in [0, 0.1) is 5.82 Å². The van der Waals surface area contributed by atoms with E-state index in [-0.39, 0.29) is 18.1 Å². The number of amidine groups is 1. The molecule has 0 spiro atoms. The van der Waals surface area contributed by atoms with Gasteiger partial charge >= 0.3 is 6.09 Å². The minimum absolute atomic E-state index is 0.135. The van der Waals surface area contributed by atoms with E-state index in [0.717, 1.165) is 5.56 Å². The number of nitrogens with zero attached hydrogens (tertiary/aromatic N) is 1. The minimum atomic E-state index is -0.720. The second-order valence-electron chi connectivity index (χ2n) is 4.89. The third kappa shape index (κ3) is 5.43. The Morgan fingerprint density at radius 3 is 2.39 bits per heavy atom. The van der Waals surface area contributed by atoms with E-state index in [1.807, 2.05) is 0 Å². The standard InChI is InChI=1S/C13H17FN2O2/c1-13(2,3)18-12(17)16-11(15)8-9-4-6-10(14)7-5-9/h4-7H,8H2,1-3H3,(H2,15,16,17). The molecule has 0 atom stereocenters. The molecule has 1 aromatic rings. The first-order valence-electron chi connectivity index (χ1n) is 5.57. The van der Waals surface area contributed by atoms with E-state index in [1.165, 1.54) is 12.1 Å². The van der Waals surface area contributed by atoms with Crippen LogP contribution in [0.1, 0.15) is 26.3 Å². The second-order valence-corrected chi connectivity index (χ2v) is 4.89. The summed E-state index contributed by atoms with van der Waals surface area (Å²) in [6.45, 7) is 5.24. The molecule has 0 aliphatic carbocycles. The number of carbonyl (C=O) groups excluding carboxylic acids is 1. The monoisotopic (exact) mass is 252 g/mol. The van der Waals surface area contributed by atoms with Gasteiger partial charge in [0.15, 0.2) is 0 Å². The fraction of sp³-hybridized carbons (Fsp3) is 0.385. The number of carbonyl (C=O) groups is 1. The van der Waals surface area contributed by atoms with E-state index in [0.29, 0.717) is 0 Å². The Bertz CT molecular complexity index is 447. The first-order chi connectivity index (χ1) is 8.26. The largest absolute Gasteiger partial charge is 0.442 e. The molecule has 98 valence electrons. The van der Waals surface area contributed by atoms with Crippen LogP contribution in [0.2, 0.25) is 0 Å². The Kier molecular flexibility index (Phi) is 4.42. The molecule has 0 fully saturated rings. The molecule has 0 unspecified atom stereocenters. The highest BCUT2D eigenvalue weighted by molar-refractivity contribution is 5.91. The van der Waals surface area contributed by atoms with Crippen LogP contribution in [0.4, 0.5) is 9.18 Å². The number of ether oxygens (including phenoxy) is 1. The van der Waals surface area contributed by atoms with Crippen LogP contribution in [0.3, 0.4) is 0 Å². The van der Waals surface area contributed by atoms with Crippen LogP contribution >= 0.6 is 0 Å². The number of rotatable bonds is 2. The van der Waals surface area contributed by atoms with E-state index >= 15 is 0 Å². The van der Waals surface area contributed by atoms with Crippen LogP contribution in [0.25, 0.3) is 0 Å². The maximum Gasteiger partial charge on any atom is 0.435 e. The summed E-state index contributed by atoms with van der Waals surface area (Å²) in [6, 6.07) is 5.84. The van der Waals surface area contributed by atoms with Crippen LogP contribution in [-0.2, 0) is 11.2 Å². The van der Waals surface area contributed by atoms with Gasteiger partial charge in [0, 0.05) is 6.42 Å². The molecule has 0 heterocycles. The van der Waals surface area contributed by atoms with Crippen molar-refractivity contribution in [2.45, 2.75) is 32.8 Å². The molecular weight excluding hydrogens is 235 g/mol. The SMILES string of the molecule is CC(C)(C)OC(=O)/N=C(\N)Cc1ccc(F)cc1. The number of aliphatic imine (C=N–C) groups is 1. The van der Waals surface area contributed by atoms with Crippen molar-refractivity contribution < 1.29 is 13.9 Å². The Hall–Kier alpha value is -1.91. The molecule has 0 saturated heterocycles. The molecule has 0 saturated carbocycles. The predicted octanol–water partition coefficient (Wildman–Crippen LogP) is 2.66. The minimum Gasteiger partial charge on any atom is -0.442 e. The lowest BCUT2D eigenvalue weighted by molar-refractivity contribution is 0.0604. The Morgan fingerprint density at radius 2 is 1.89 bits per heavy atom. The number of hydrogen-bond donors (Lipinski definition) is 1. The summed E-state index contributed by atoms with van der Waals surface area (Å²) in [5.74, 6) is -0.183. The van der Waals surface area contributed by atoms with Gasteiger partial charge in [-0.05, 0) is 38.5 Å². The van der Waals surface area contributed by atoms with Gasteiger partial charge in [-0.1, -0.05) is 12.1 Å². The molecule has 0 bridgehead atoms. The van der Waals surface area contributed by atoms with Gasteiger partial charge in [0.05, 0.1) is 0 Å². The molecule has 1 amide bonds. The summed E-state index contributed by atoms with van der Waals surface area (Å²) < 4.78 is 17.7. The smallest absolute Gasteiger partial charge is 0.435 e. The van der Waals surface area contributed by atoms with Crippen molar-refractivity contribution in [1.29, 1.82) is 0 Å². The first kappa shape index (κ1) is 14.2. The van der Waals surface area contributed by atoms with Crippen molar-refractivity contribution in [3.8, 4) is 0 Å². The van der Waals surface area contributed by atoms with Gasteiger partial charge in [0.2, 0.25) is 0 Å². The summed E-state index contributed by atoms with van der Waals surface area (Å²) in [5, 5.41) is 0. The Balaban J connectivity index is 2.62. The molecular formula is C13H17FN2O2. The topological polar surface area (TPSA) is 64.7 Å². The van der Waals surface area contributed by atoms with E-state index in [2.05, 4.69) is 4.99 Å². The summed E-state index contributed by atoms with van der Waals surface area (Å²) in [6.07, 6.45) is -0.443. The van der Waals surface area contributed by atoms with Gasteiger partial charge in [-0.25, -0.2) is 9.18 Å². The maximum absolute atomic E-state index is 12.7. The third-order valence-electron chi connectivity index (χ3n) is 1.93. The van der Waals surface area contributed by atoms with Crippen LogP contribution in [0.15, 0.2) is 29.3 Å². The zero-order valence-electron chi connectivity index (χ0n) is 10.7. The number of nitrogens with two attached hydrogens (primary N) is 1. The van der Waals surface area contributed by atoms with Crippen molar-refractivity contribution in [2.75, 3.05) is 0 Å². The number of benzene rings is 1. The highest BCUT2D eigenvalue weighted by Crippen LogP contribution is 2.08. The zero-order valence-corrected chi connectivity index (χ0v) is 10.7. The van der Waals surface area contributed by atoms with Crippen LogP contribution in [-0.4, -0.2) is 17.5 Å². The van der Waals surface area contributed by atoms with Crippen molar-refractivity contribution in [3.63, 3.8) is 0 Å². The van der Waals surface area contributed by atoms with Gasteiger partial charge in [-0.2, -0.15) is 4.99 Å². The van der Waals surface area contributed by atoms with Crippen molar-refractivity contribution >= 4 is 11.9 Å². The molecule has 2 N–H and O–H groups in total. The fourth-order valence-corrected chi connectivity index (χ4v) is 1.25. The highest BCUT2D eigenvalue weighted by atomic mass is 19.1. The van der Waals surface area contributed by atoms with Gasteiger partial charge in [-0.3, -0.25) is 0 Å². The van der Waals surface area contributed by atoms with Crippen LogP contribution in [0.5, 0.6) is 0 Å². The summed E-state index contributed by atoms with van der Waals surface area (Å²) >= 11 is 0. The zero-order chi connectivity index (χ0) is 13.8. The molecule has 0 radical (unpaired) electrons. The second kappa shape index (κ2) is 5.62. The molecule has 0 aliphatic rings. The van der Waals surface area contributed by atoms with E-state index in [1.54, 1.807) is 32.9 Å². The lowest BCUT2D eigenvalue weighted by atomic mass is 10.1. The molecule has 1 rings (SSSR count). The summed E-state index contributed by atoms with van der Waals surface area (Å²) in [4.78, 5) is 15.0. The summed E-state index contributed by atoms with van der Waals surface area (Å²) in [7, 11) is 0. The fourth-order valence-electron chi connectivity index (χ4n) is 1.25. The van der Waals surface area contributed by atoms with Crippen molar-refractivity contribution in [1.82, 2.24) is 0 Å². The van der Waals surface area contributed by atoms with Crippen molar-refractivity contribution in [2.24, 2.45) is 10.7 Å². The predicted molar refractivity (Wildman–Crippen MR) is 68.0 cm³/mol. The van der Waals surface area contributed by atoms with Gasteiger partial charge in [0.1, 0.15) is 17.3 Å². The number of hydrogen-bond acceptors (Lipinski definition) is 2. The number of halogens is 1. The molecule has 4 nitrogen and oxygen atoms in total. The van der Waals surface area contributed by atoms with E-state index in [9.17, 15) is 9.18 Å². The molecule has 0 aromatic heterocycles. The average Bonchev–Trinajstić information content (AvgIpc) is 2.18.